The lowest BCUT2D eigenvalue weighted by Gasteiger charge is -2.32. The van der Waals surface area contributed by atoms with Gasteiger partial charge in [-0.15, -0.1) is 10.2 Å². The van der Waals surface area contributed by atoms with Crippen molar-refractivity contribution < 1.29 is 4.74 Å². The van der Waals surface area contributed by atoms with Crippen molar-refractivity contribution in [3.8, 4) is 5.75 Å². The number of fused-ring (bicyclic) bond motifs is 1. The average Bonchev–Trinajstić information content (AvgIpc) is 2.83. The standard InChI is InChI=1S/C10H11N5O/c11-10(9-12-14-15-13-9)6-5-7-3-1-2-4-8(7)16-10/h1-4H,5-6,11H2,(H,12,13,14,15). The largest absolute Gasteiger partial charge is 0.465 e. The van der Waals surface area contributed by atoms with E-state index in [0.29, 0.717) is 12.2 Å². The fourth-order valence-corrected chi connectivity index (χ4v) is 1.88. The van der Waals surface area contributed by atoms with Crippen LogP contribution >= 0.6 is 0 Å². The summed E-state index contributed by atoms with van der Waals surface area (Å²) in [5.41, 5.74) is 6.32. The second-order valence-electron chi connectivity index (χ2n) is 3.83. The first-order valence-corrected chi connectivity index (χ1v) is 5.08. The number of benzene rings is 1. The molecule has 1 aromatic carbocycles. The predicted octanol–water partition coefficient (Wildman–Crippen LogP) is 0.336. The zero-order valence-corrected chi connectivity index (χ0v) is 8.55. The van der Waals surface area contributed by atoms with Crippen LogP contribution in [0, 0.1) is 0 Å². The number of nitrogens with one attached hydrogen (secondary N) is 1. The van der Waals surface area contributed by atoms with Crippen LogP contribution in [0.15, 0.2) is 24.3 Å². The SMILES string of the molecule is NC1(c2nn[nH]n2)CCc2ccccc2O1. The van der Waals surface area contributed by atoms with Crippen LogP contribution in [0.25, 0.3) is 0 Å². The third-order valence-corrected chi connectivity index (χ3v) is 2.75. The Morgan fingerprint density at radius 2 is 2.25 bits per heavy atom. The number of rotatable bonds is 1. The molecule has 3 N–H and O–H groups in total. The minimum atomic E-state index is -0.971. The topological polar surface area (TPSA) is 89.7 Å². The van der Waals surface area contributed by atoms with Crippen LogP contribution in [-0.4, -0.2) is 20.6 Å². The monoisotopic (exact) mass is 217 g/mol. The number of hydrogen-bond donors (Lipinski definition) is 2. The molecule has 1 aliphatic rings. The molecule has 3 rings (SSSR count). The van der Waals surface area contributed by atoms with Crippen molar-refractivity contribution in [2.45, 2.75) is 18.6 Å². The summed E-state index contributed by atoms with van der Waals surface area (Å²) in [7, 11) is 0. The third-order valence-electron chi connectivity index (χ3n) is 2.75. The van der Waals surface area contributed by atoms with E-state index in [0.717, 1.165) is 17.7 Å². The van der Waals surface area contributed by atoms with Gasteiger partial charge in [-0.05, 0) is 23.3 Å². The molecule has 0 saturated heterocycles. The van der Waals surface area contributed by atoms with Crippen molar-refractivity contribution in [1.29, 1.82) is 0 Å². The minimum absolute atomic E-state index is 0.391. The van der Waals surface area contributed by atoms with Crippen LogP contribution in [0.5, 0.6) is 5.75 Å². The first kappa shape index (κ1) is 9.29. The van der Waals surface area contributed by atoms with Gasteiger partial charge in [0.2, 0.25) is 11.5 Å². The number of para-hydroxylation sites is 1. The van der Waals surface area contributed by atoms with Crippen molar-refractivity contribution in [2.75, 3.05) is 0 Å². The molecule has 0 amide bonds. The molecule has 6 heteroatoms. The van der Waals surface area contributed by atoms with E-state index in [1.54, 1.807) is 0 Å². The predicted molar refractivity (Wildman–Crippen MR) is 55.4 cm³/mol. The Balaban J connectivity index is 1.98. The second kappa shape index (κ2) is 3.28. The summed E-state index contributed by atoms with van der Waals surface area (Å²) in [5, 5.41) is 13.7. The van der Waals surface area contributed by atoms with Crippen LogP contribution in [-0.2, 0) is 12.1 Å². The second-order valence-corrected chi connectivity index (χ2v) is 3.83. The number of aryl methyl sites for hydroxylation is 1. The van der Waals surface area contributed by atoms with Crippen molar-refractivity contribution >= 4 is 0 Å². The van der Waals surface area contributed by atoms with Crippen molar-refractivity contribution in [2.24, 2.45) is 5.73 Å². The van der Waals surface area contributed by atoms with Crippen LogP contribution < -0.4 is 10.5 Å². The highest BCUT2D eigenvalue weighted by molar-refractivity contribution is 5.36. The summed E-state index contributed by atoms with van der Waals surface area (Å²) >= 11 is 0. The summed E-state index contributed by atoms with van der Waals surface area (Å²) in [6, 6.07) is 7.84. The lowest BCUT2D eigenvalue weighted by atomic mass is 9.98. The molecule has 0 bridgehead atoms. The summed E-state index contributed by atoms with van der Waals surface area (Å²) in [6.07, 6.45) is 1.49. The number of ether oxygens (including phenoxy) is 1. The third kappa shape index (κ3) is 1.35. The summed E-state index contributed by atoms with van der Waals surface area (Å²) in [5.74, 6) is 1.18. The van der Waals surface area contributed by atoms with Crippen molar-refractivity contribution in [3.63, 3.8) is 0 Å². The van der Waals surface area contributed by atoms with E-state index in [1.165, 1.54) is 0 Å². The molecular weight excluding hydrogens is 206 g/mol. The van der Waals surface area contributed by atoms with Crippen LogP contribution in [0.3, 0.4) is 0 Å². The number of nitrogens with zero attached hydrogens (tertiary/aromatic N) is 3. The Kier molecular flexibility index (Phi) is 1.90. The molecule has 1 aromatic heterocycles. The van der Waals surface area contributed by atoms with E-state index in [4.69, 9.17) is 10.5 Å². The highest BCUT2D eigenvalue weighted by atomic mass is 16.5. The number of hydrogen-bond acceptors (Lipinski definition) is 5. The van der Waals surface area contributed by atoms with Gasteiger partial charge < -0.3 is 4.74 Å². The van der Waals surface area contributed by atoms with Gasteiger partial charge in [-0.3, -0.25) is 5.73 Å². The summed E-state index contributed by atoms with van der Waals surface area (Å²) in [4.78, 5) is 0. The molecule has 1 aliphatic heterocycles. The van der Waals surface area contributed by atoms with Gasteiger partial charge in [0, 0.05) is 6.42 Å². The van der Waals surface area contributed by atoms with Gasteiger partial charge in [-0.1, -0.05) is 18.2 Å². The zero-order valence-electron chi connectivity index (χ0n) is 8.55. The van der Waals surface area contributed by atoms with Crippen molar-refractivity contribution in [1.82, 2.24) is 20.6 Å². The van der Waals surface area contributed by atoms with E-state index in [2.05, 4.69) is 20.6 Å². The van der Waals surface area contributed by atoms with Crippen LogP contribution in [0.2, 0.25) is 0 Å². The van der Waals surface area contributed by atoms with Gasteiger partial charge in [-0.25, -0.2) is 0 Å². The van der Waals surface area contributed by atoms with E-state index in [1.807, 2.05) is 24.3 Å². The Hall–Kier alpha value is -1.95. The Morgan fingerprint density at radius 1 is 1.38 bits per heavy atom. The number of H-pyrrole nitrogens is 1. The maximum Gasteiger partial charge on any atom is 0.232 e. The highest BCUT2D eigenvalue weighted by Crippen LogP contribution is 2.34. The van der Waals surface area contributed by atoms with E-state index >= 15 is 0 Å². The molecular formula is C10H11N5O. The van der Waals surface area contributed by atoms with Gasteiger partial charge in [0.15, 0.2) is 0 Å². The Bertz CT molecular complexity index is 498. The molecule has 0 saturated carbocycles. The zero-order chi connectivity index (χ0) is 11.0. The van der Waals surface area contributed by atoms with Gasteiger partial charge in [0.25, 0.3) is 0 Å². The van der Waals surface area contributed by atoms with Gasteiger partial charge in [-0.2, -0.15) is 5.21 Å². The number of nitrogens with two attached hydrogens (primary N) is 1. The van der Waals surface area contributed by atoms with Gasteiger partial charge in [0.1, 0.15) is 5.75 Å². The van der Waals surface area contributed by atoms with Gasteiger partial charge >= 0.3 is 0 Å². The van der Waals surface area contributed by atoms with Crippen LogP contribution in [0.4, 0.5) is 0 Å². The molecule has 0 aliphatic carbocycles. The molecule has 2 heterocycles. The molecule has 6 nitrogen and oxygen atoms in total. The summed E-state index contributed by atoms with van der Waals surface area (Å²) in [6.45, 7) is 0. The molecule has 1 atom stereocenters. The fourth-order valence-electron chi connectivity index (χ4n) is 1.88. The normalized spacial score (nSPS) is 23.6. The Labute approximate surface area is 91.8 Å². The molecule has 0 spiro atoms. The molecule has 0 radical (unpaired) electrons. The van der Waals surface area contributed by atoms with Crippen LogP contribution in [0.1, 0.15) is 17.8 Å². The van der Waals surface area contributed by atoms with E-state index in [-0.39, 0.29) is 0 Å². The minimum Gasteiger partial charge on any atom is -0.465 e. The number of tetrazole rings is 1. The van der Waals surface area contributed by atoms with E-state index in [9.17, 15) is 0 Å². The number of aromatic amines is 1. The maximum absolute atomic E-state index is 6.13. The average molecular weight is 217 g/mol. The first-order chi connectivity index (χ1) is 7.78. The molecule has 0 fully saturated rings. The maximum atomic E-state index is 6.13. The number of aromatic nitrogens is 4. The fraction of sp³-hybridized carbons (Fsp3) is 0.300. The molecule has 16 heavy (non-hydrogen) atoms. The first-order valence-electron chi connectivity index (χ1n) is 5.08. The van der Waals surface area contributed by atoms with E-state index < -0.39 is 5.72 Å². The molecule has 2 aromatic rings. The highest BCUT2D eigenvalue weighted by Gasteiger charge is 2.37. The molecule has 82 valence electrons. The quantitative estimate of drug-likeness (QED) is 0.718. The lowest BCUT2D eigenvalue weighted by molar-refractivity contribution is 0.0404. The van der Waals surface area contributed by atoms with Crippen molar-refractivity contribution in [3.05, 3.63) is 35.7 Å². The molecule has 1 unspecified atom stereocenters. The van der Waals surface area contributed by atoms with Gasteiger partial charge in [0.05, 0.1) is 0 Å². The smallest absolute Gasteiger partial charge is 0.232 e. The Morgan fingerprint density at radius 3 is 3.06 bits per heavy atom. The lowest BCUT2D eigenvalue weighted by Crippen LogP contribution is -2.46. The summed E-state index contributed by atoms with van der Waals surface area (Å²) < 4.78 is 5.76.